The number of rotatable bonds is 10. The largest absolute Gasteiger partial charge is 1.00 e. The van der Waals surface area contributed by atoms with E-state index in [1.54, 1.807) is 0 Å². The minimum Gasteiger partial charge on any atom is -0.810 e. The molecule has 8 nitrogen and oxygen atoms in total. The van der Waals surface area contributed by atoms with Crippen LogP contribution in [0.5, 0.6) is 0 Å². The van der Waals surface area contributed by atoms with Gasteiger partial charge in [-0.3, -0.25) is 4.79 Å². The van der Waals surface area contributed by atoms with Crippen LogP contribution in [0.4, 0.5) is 0 Å². The minimum absolute atomic E-state index is 0. The summed E-state index contributed by atoms with van der Waals surface area (Å²) in [4.78, 5) is 54.8. The summed E-state index contributed by atoms with van der Waals surface area (Å²) >= 11 is 0. The zero-order valence-corrected chi connectivity index (χ0v) is 27.3. The van der Waals surface area contributed by atoms with Crippen molar-refractivity contribution in [2.45, 2.75) is 51.9 Å². The smallest absolute Gasteiger partial charge is 0.810 e. The van der Waals surface area contributed by atoms with Gasteiger partial charge in [0.1, 0.15) is 0 Å². The van der Waals surface area contributed by atoms with Crippen LogP contribution in [-0.4, -0.2) is 17.9 Å². The summed E-state index contributed by atoms with van der Waals surface area (Å²) in [6.45, 7) is 5.48. The molecule has 1 amide bonds. The standard InChI is InChI=1S/C13H27NO7P2.4Na/c1-10(2)5-4-6-11(3)9-12(15)14-8-7-13(22(16,17)18)23(19,20)21;;;;/h5,11,13H,4,6-9H2,1-3H3,(H,14,15)(H2,16,17,18)(H2,19,20,21);;;;/q;4*+1/p-4/t11-;;;;/m0..../s1. The van der Waals surface area contributed by atoms with E-state index in [0.717, 1.165) is 12.8 Å². The van der Waals surface area contributed by atoms with Crippen LogP contribution >= 0.6 is 15.2 Å². The number of hydrogen-bond donors (Lipinski definition) is 1. The van der Waals surface area contributed by atoms with Gasteiger partial charge in [0.05, 0.1) is 0 Å². The predicted octanol–water partition coefficient (Wildman–Crippen LogP) is -12.6. The van der Waals surface area contributed by atoms with Crippen molar-refractivity contribution in [3.05, 3.63) is 11.6 Å². The summed E-state index contributed by atoms with van der Waals surface area (Å²) in [6, 6.07) is 0. The van der Waals surface area contributed by atoms with Gasteiger partial charge < -0.3 is 34.0 Å². The van der Waals surface area contributed by atoms with Crippen LogP contribution in [-0.2, 0) is 13.9 Å². The van der Waals surface area contributed by atoms with Crippen LogP contribution in [0, 0.1) is 5.92 Å². The normalized spacial score (nSPS) is 11.7. The summed E-state index contributed by atoms with van der Waals surface area (Å²) in [6.07, 6.45) is 3.16. The Labute approximate surface area is 250 Å². The van der Waals surface area contributed by atoms with Crippen LogP contribution in [0.2, 0.25) is 0 Å². The van der Waals surface area contributed by atoms with Crippen molar-refractivity contribution >= 4 is 21.1 Å². The SMILES string of the molecule is CC(C)=CCC[C@H](C)CC(=O)NCCC(P(=O)([O-])[O-])P(=O)([O-])[O-].[Na+].[Na+].[Na+].[Na+]. The molecular weight excluding hydrogens is 436 g/mol. The number of amides is 1. The van der Waals surface area contributed by atoms with E-state index in [0.29, 0.717) is 0 Å². The maximum Gasteiger partial charge on any atom is 1.00 e. The van der Waals surface area contributed by atoms with E-state index in [-0.39, 0.29) is 143 Å². The molecule has 0 saturated heterocycles. The molecule has 0 heterocycles. The maximum atomic E-state index is 11.7. The number of hydrogen-bond acceptors (Lipinski definition) is 7. The molecule has 0 aliphatic heterocycles. The maximum absolute atomic E-state index is 11.7. The van der Waals surface area contributed by atoms with E-state index >= 15 is 0 Å². The first kappa shape index (κ1) is 40.8. The number of nitrogens with one attached hydrogen (secondary N) is 1. The van der Waals surface area contributed by atoms with Gasteiger partial charge in [0.15, 0.2) is 0 Å². The van der Waals surface area contributed by atoms with E-state index in [1.165, 1.54) is 5.57 Å². The number of carbonyl (C=O) groups is 1. The second-order valence-electron chi connectivity index (χ2n) is 5.87. The average molecular weight is 459 g/mol. The van der Waals surface area contributed by atoms with Crippen molar-refractivity contribution < 1.29 is 152 Å². The van der Waals surface area contributed by atoms with Crippen molar-refractivity contribution in [2.75, 3.05) is 6.54 Å². The fourth-order valence-electron chi connectivity index (χ4n) is 1.98. The average Bonchev–Trinajstić information content (AvgIpc) is 2.30. The molecule has 0 saturated carbocycles. The van der Waals surface area contributed by atoms with E-state index in [4.69, 9.17) is 0 Å². The van der Waals surface area contributed by atoms with Crippen LogP contribution in [0.3, 0.4) is 0 Å². The molecule has 0 aromatic carbocycles. The Bertz CT molecular complexity index is 499. The summed E-state index contributed by atoms with van der Waals surface area (Å²) in [5, 5.41) is -0.187. The first-order chi connectivity index (χ1) is 10.3. The monoisotopic (exact) mass is 459 g/mol. The van der Waals surface area contributed by atoms with Gasteiger partial charge >= 0.3 is 118 Å². The Morgan fingerprint density at radius 2 is 1.41 bits per heavy atom. The van der Waals surface area contributed by atoms with Crippen LogP contribution in [0.15, 0.2) is 11.6 Å². The molecule has 0 radical (unpaired) electrons. The van der Waals surface area contributed by atoms with Crippen molar-refractivity contribution in [2.24, 2.45) is 5.92 Å². The van der Waals surface area contributed by atoms with Gasteiger partial charge in [0, 0.05) is 18.4 Å². The molecule has 0 aromatic rings. The third kappa shape index (κ3) is 22.5. The first-order valence-corrected chi connectivity index (χ1v) is 10.5. The second kappa shape index (κ2) is 20.1. The van der Waals surface area contributed by atoms with Gasteiger partial charge in [-0.2, -0.15) is 0 Å². The van der Waals surface area contributed by atoms with Crippen LogP contribution in [0.1, 0.15) is 46.5 Å². The van der Waals surface area contributed by atoms with Gasteiger partial charge in [-0.25, -0.2) is 0 Å². The Morgan fingerprint density at radius 1 is 0.963 bits per heavy atom. The zero-order valence-electron chi connectivity index (χ0n) is 17.5. The Hall–Kier alpha value is 3.51. The van der Waals surface area contributed by atoms with Crippen molar-refractivity contribution in [3.8, 4) is 0 Å². The third-order valence-electron chi connectivity index (χ3n) is 3.20. The molecule has 0 aromatic heterocycles. The molecule has 0 aliphatic rings. The number of allylic oxidation sites excluding steroid dienone is 2. The van der Waals surface area contributed by atoms with Gasteiger partial charge in [0.25, 0.3) is 0 Å². The molecule has 0 unspecified atom stereocenters. The second-order valence-corrected chi connectivity index (χ2v) is 9.68. The predicted molar refractivity (Wildman–Crippen MR) is 79.1 cm³/mol. The Kier molecular flexibility index (Phi) is 30.5. The molecule has 0 spiro atoms. The van der Waals surface area contributed by atoms with Crippen molar-refractivity contribution in [1.82, 2.24) is 5.32 Å². The summed E-state index contributed by atoms with van der Waals surface area (Å²) in [5.74, 6) is -0.289. The molecular formula is C13H23NNa4O7P2. The first-order valence-electron chi connectivity index (χ1n) is 7.27. The molecule has 1 atom stereocenters. The van der Waals surface area contributed by atoms with Gasteiger partial charge in [-0.1, -0.05) is 33.8 Å². The van der Waals surface area contributed by atoms with Gasteiger partial charge in [0.2, 0.25) is 5.91 Å². The van der Waals surface area contributed by atoms with Crippen molar-refractivity contribution in [3.63, 3.8) is 0 Å². The van der Waals surface area contributed by atoms with E-state index < -0.39 is 27.0 Å². The van der Waals surface area contributed by atoms with E-state index in [1.807, 2.05) is 20.8 Å². The van der Waals surface area contributed by atoms with Crippen LogP contribution < -0.4 is 143 Å². The fraction of sp³-hybridized carbons (Fsp3) is 0.769. The molecule has 0 bridgehead atoms. The van der Waals surface area contributed by atoms with Crippen LogP contribution in [0.25, 0.3) is 0 Å². The van der Waals surface area contributed by atoms with Gasteiger partial charge in [-0.05, 0) is 39.0 Å². The van der Waals surface area contributed by atoms with E-state index in [2.05, 4.69) is 11.4 Å². The minimum atomic E-state index is -5.56. The molecule has 136 valence electrons. The number of carbonyl (C=O) groups excluding carboxylic acids is 1. The summed E-state index contributed by atoms with van der Waals surface area (Å²) in [7, 11) is -11.1. The molecule has 1 N–H and O–H groups in total. The molecule has 14 heteroatoms. The van der Waals surface area contributed by atoms with E-state index in [9.17, 15) is 33.5 Å². The molecule has 0 aliphatic carbocycles. The summed E-state index contributed by atoms with van der Waals surface area (Å²) < 4.78 is 21.6. The topological polar surface area (TPSA) is 155 Å². The third-order valence-corrected chi connectivity index (χ3v) is 6.87. The van der Waals surface area contributed by atoms with Gasteiger partial charge in [-0.15, -0.1) is 0 Å². The summed E-state index contributed by atoms with van der Waals surface area (Å²) in [5.41, 5.74) is 1.19. The zero-order chi connectivity index (χ0) is 18.3. The fourth-order valence-corrected chi connectivity index (χ4v) is 4.25. The Morgan fingerprint density at radius 3 is 1.78 bits per heavy atom. The Balaban J connectivity index is -0.000000403. The molecule has 0 fully saturated rings. The van der Waals surface area contributed by atoms with Crippen molar-refractivity contribution in [1.29, 1.82) is 0 Å². The molecule has 27 heavy (non-hydrogen) atoms. The quantitative estimate of drug-likeness (QED) is 0.193. The molecule has 0 rings (SSSR count).